The van der Waals surface area contributed by atoms with Crippen molar-refractivity contribution in [1.82, 2.24) is 0 Å². The molecule has 3 aromatic carbocycles. The first-order chi connectivity index (χ1) is 11.7. The normalized spacial score (nSPS) is 10.2. The Morgan fingerprint density at radius 1 is 0.750 bits per heavy atom. The SMILES string of the molecule is CCOc1ccccc1Nc1ccc(Nc2ccc(O)cc2)cc1. The van der Waals surface area contributed by atoms with Crippen molar-refractivity contribution in [2.75, 3.05) is 17.2 Å². The summed E-state index contributed by atoms with van der Waals surface area (Å²) in [7, 11) is 0. The number of para-hydroxylation sites is 2. The van der Waals surface area contributed by atoms with Gasteiger partial charge in [-0.1, -0.05) is 12.1 Å². The van der Waals surface area contributed by atoms with E-state index in [9.17, 15) is 5.11 Å². The van der Waals surface area contributed by atoms with Crippen LogP contribution < -0.4 is 15.4 Å². The molecule has 0 saturated heterocycles. The average Bonchev–Trinajstić information content (AvgIpc) is 2.61. The highest BCUT2D eigenvalue weighted by atomic mass is 16.5. The highest BCUT2D eigenvalue weighted by molar-refractivity contribution is 5.69. The zero-order chi connectivity index (χ0) is 16.8. The number of aromatic hydroxyl groups is 1. The van der Waals surface area contributed by atoms with Crippen LogP contribution in [0.3, 0.4) is 0 Å². The largest absolute Gasteiger partial charge is 0.508 e. The Morgan fingerprint density at radius 2 is 1.29 bits per heavy atom. The molecule has 0 amide bonds. The Bertz CT molecular complexity index is 783. The standard InChI is InChI=1S/C20H20N2O2/c1-2-24-20-6-4-3-5-19(20)22-17-9-7-15(8-10-17)21-16-11-13-18(23)14-12-16/h3-14,21-23H,2H2,1H3. The Kier molecular flexibility index (Phi) is 4.87. The van der Waals surface area contributed by atoms with E-state index in [0.29, 0.717) is 6.61 Å². The molecule has 4 nitrogen and oxygen atoms in total. The minimum Gasteiger partial charge on any atom is -0.508 e. The van der Waals surface area contributed by atoms with Crippen LogP contribution in [0, 0.1) is 0 Å². The highest BCUT2D eigenvalue weighted by Crippen LogP contribution is 2.28. The summed E-state index contributed by atoms with van der Waals surface area (Å²) < 4.78 is 5.63. The lowest BCUT2D eigenvalue weighted by atomic mass is 10.2. The van der Waals surface area contributed by atoms with Crippen molar-refractivity contribution in [2.24, 2.45) is 0 Å². The molecule has 0 unspecified atom stereocenters. The molecule has 0 fully saturated rings. The summed E-state index contributed by atoms with van der Waals surface area (Å²) in [6.07, 6.45) is 0. The Morgan fingerprint density at radius 3 is 1.92 bits per heavy atom. The van der Waals surface area contributed by atoms with Gasteiger partial charge in [0.1, 0.15) is 11.5 Å². The lowest BCUT2D eigenvalue weighted by Gasteiger charge is -2.13. The van der Waals surface area contributed by atoms with Gasteiger partial charge in [0.25, 0.3) is 0 Å². The van der Waals surface area contributed by atoms with E-state index in [0.717, 1.165) is 28.5 Å². The maximum Gasteiger partial charge on any atom is 0.142 e. The number of nitrogens with one attached hydrogen (secondary N) is 2. The third-order valence-corrected chi connectivity index (χ3v) is 3.51. The molecule has 24 heavy (non-hydrogen) atoms. The number of phenols is 1. The Balaban J connectivity index is 1.69. The first kappa shape index (κ1) is 15.7. The third kappa shape index (κ3) is 3.98. The van der Waals surface area contributed by atoms with Crippen molar-refractivity contribution in [2.45, 2.75) is 6.92 Å². The lowest BCUT2D eigenvalue weighted by Crippen LogP contribution is -1.97. The van der Waals surface area contributed by atoms with E-state index in [4.69, 9.17) is 4.74 Å². The van der Waals surface area contributed by atoms with Gasteiger partial charge in [-0.3, -0.25) is 0 Å². The molecule has 0 aliphatic rings. The summed E-state index contributed by atoms with van der Waals surface area (Å²) in [5.74, 6) is 1.10. The summed E-state index contributed by atoms with van der Waals surface area (Å²) in [4.78, 5) is 0. The van der Waals surface area contributed by atoms with E-state index in [-0.39, 0.29) is 5.75 Å². The predicted molar refractivity (Wildman–Crippen MR) is 98.7 cm³/mol. The molecule has 0 radical (unpaired) electrons. The fourth-order valence-corrected chi connectivity index (χ4v) is 2.36. The van der Waals surface area contributed by atoms with Gasteiger partial charge >= 0.3 is 0 Å². The van der Waals surface area contributed by atoms with E-state index in [2.05, 4.69) is 10.6 Å². The molecular formula is C20H20N2O2. The molecule has 0 aliphatic heterocycles. The quantitative estimate of drug-likeness (QED) is 0.541. The topological polar surface area (TPSA) is 53.5 Å². The van der Waals surface area contributed by atoms with Gasteiger partial charge in [-0.2, -0.15) is 0 Å². The average molecular weight is 320 g/mol. The van der Waals surface area contributed by atoms with Crippen LogP contribution in [0.5, 0.6) is 11.5 Å². The number of benzene rings is 3. The molecule has 4 heteroatoms. The van der Waals surface area contributed by atoms with Gasteiger partial charge in [0.15, 0.2) is 0 Å². The van der Waals surface area contributed by atoms with Gasteiger partial charge in [-0.05, 0) is 67.6 Å². The summed E-state index contributed by atoms with van der Waals surface area (Å²) >= 11 is 0. The number of hydrogen-bond donors (Lipinski definition) is 3. The fourth-order valence-electron chi connectivity index (χ4n) is 2.36. The number of phenolic OH excluding ortho intramolecular Hbond substituents is 1. The molecule has 0 spiro atoms. The van der Waals surface area contributed by atoms with Crippen molar-refractivity contribution in [3.05, 3.63) is 72.8 Å². The molecule has 3 aromatic rings. The smallest absolute Gasteiger partial charge is 0.142 e. The predicted octanol–water partition coefficient (Wildman–Crippen LogP) is 5.28. The molecule has 0 saturated carbocycles. The summed E-state index contributed by atoms with van der Waals surface area (Å²) in [5.41, 5.74) is 3.83. The van der Waals surface area contributed by atoms with Crippen LogP contribution in [0.25, 0.3) is 0 Å². The molecule has 3 N–H and O–H groups in total. The third-order valence-electron chi connectivity index (χ3n) is 3.51. The summed E-state index contributed by atoms with van der Waals surface area (Å²) in [6, 6.07) is 22.9. The van der Waals surface area contributed by atoms with Gasteiger partial charge in [0, 0.05) is 17.1 Å². The molecule has 0 heterocycles. The van der Waals surface area contributed by atoms with E-state index in [1.807, 2.05) is 67.6 Å². The van der Waals surface area contributed by atoms with Crippen LogP contribution in [0.4, 0.5) is 22.7 Å². The van der Waals surface area contributed by atoms with E-state index in [1.54, 1.807) is 12.1 Å². The first-order valence-corrected chi connectivity index (χ1v) is 7.89. The van der Waals surface area contributed by atoms with Crippen LogP contribution in [0.2, 0.25) is 0 Å². The van der Waals surface area contributed by atoms with E-state index < -0.39 is 0 Å². The van der Waals surface area contributed by atoms with Crippen molar-refractivity contribution in [1.29, 1.82) is 0 Å². The Hall–Kier alpha value is -3.14. The van der Waals surface area contributed by atoms with Crippen LogP contribution in [0.15, 0.2) is 72.8 Å². The zero-order valence-electron chi connectivity index (χ0n) is 13.5. The lowest BCUT2D eigenvalue weighted by molar-refractivity contribution is 0.342. The van der Waals surface area contributed by atoms with E-state index in [1.165, 1.54) is 0 Å². The fraction of sp³-hybridized carbons (Fsp3) is 0.100. The molecule has 0 atom stereocenters. The van der Waals surface area contributed by atoms with Gasteiger partial charge in [-0.25, -0.2) is 0 Å². The highest BCUT2D eigenvalue weighted by Gasteiger charge is 2.03. The Labute approximate surface area is 141 Å². The maximum atomic E-state index is 9.31. The van der Waals surface area contributed by atoms with Crippen LogP contribution in [-0.2, 0) is 0 Å². The molecule has 0 bridgehead atoms. The maximum absolute atomic E-state index is 9.31. The monoisotopic (exact) mass is 320 g/mol. The zero-order valence-corrected chi connectivity index (χ0v) is 13.5. The van der Waals surface area contributed by atoms with Crippen molar-refractivity contribution >= 4 is 22.7 Å². The van der Waals surface area contributed by atoms with Gasteiger partial charge < -0.3 is 20.5 Å². The minimum atomic E-state index is 0.257. The van der Waals surface area contributed by atoms with Gasteiger partial charge in [-0.15, -0.1) is 0 Å². The summed E-state index contributed by atoms with van der Waals surface area (Å²) in [5, 5.41) is 16.0. The second kappa shape index (κ2) is 7.42. The van der Waals surface area contributed by atoms with Crippen molar-refractivity contribution < 1.29 is 9.84 Å². The van der Waals surface area contributed by atoms with E-state index >= 15 is 0 Å². The van der Waals surface area contributed by atoms with Crippen molar-refractivity contribution in [3.8, 4) is 11.5 Å². The molecule has 3 rings (SSSR count). The second-order valence-electron chi connectivity index (χ2n) is 5.30. The van der Waals surface area contributed by atoms with Crippen LogP contribution in [0.1, 0.15) is 6.92 Å². The molecule has 122 valence electrons. The van der Waals surface area contributed by atoms with Crippen molar-refractivity contribution in [3.63, 3.8) is 0 Å². The van der Waals surface area contributed by atoms with Crippen LogP contribution >= 0.6 is 0 Å². The molecular weight excluding hydrogens is 300 g/mol. The van der Waals surface area contributed by atoms with Crippen LogP contribution in [-0.4, -0.2) is 11.7 Å². The number of anilines is 4. The summed E-state index contributed by atoms with van der Waals surface area (Å²) in [6.45, 7) is 2.61. The number of rotatable bonds is 6. The molecule has 0 aromatic heterocycles. The molecule has 0 aliphatic carbocycles. The minimum absolute atomic E-state index is 0.257. The van der Waals surface area contributed by atoms with Gasteiger partial charge in [0.2, 0.25) is 0 Å². The second-order valence-corrected chi connectivity index (χ2v) is 5.30. The number of hydrogen-bond acceptors (Lipinski definition) is 4. The first-order valence-electron chi connectivity index (χ1n) is 7.89. The van der Waals surface area contributed by atoms with Gasteiger partial charge in [0.05, 0.1) is 12.3 Å². The number of ether oxygens (including phenoxy) is 1.